The van der Waals surface area contributed by atoms with Crippen molar-refractivity contribution in [1.29, 1.82) is 0 Å². The topological polar surface area (TPSA) is 120 Å². The molecule has 4 aliphatic carbocycles. The third kappa shape index (κ3) is 3.83. The summed E-state index contributed by atoms with van der Waals surface area (Å²) >= 11 is 0. The Bertz CT molecular complexity index is 944. The molecule has 4 N–H and O–H groups in total. The van der Waals surface area contributed by atoms with Crippen molar-refractivity contribution in [2.45, 2.75) is 50.7 Å². The van der Waals surface area contributed by atoms with E-state index in [4.69, 9.17) is 14.6 Å². The van der Waals surface area contributed by atoms with Gasteiger partial charge < -0.3 is 25.3 Å². The number of hydrogen-bond donors (Lipinski definition) is 4. The number of aryl methyl sites for hydroxylation is 1. The Labute approximate surface area is 180 Å². The summed E-state index contributed by atoms with van der Waals surface area (Å²) in [5.41, 5.74) is 0.507. The van der Waals surface area contributed by atoms with Crippen LogP contribution < -0.4 is 15.5 Å². The van der Waals surface area contributed by atoms with Crippen LogP contribution in [0.3, 0.4) is 0 Å². The molecule has 2 aromatic rings. The van der Waals surface area contributed by atoms with Gasteiger partial charge in [-0.3, -0.25) is 5.10 Å². The third-order valence-corrected chi connectivity index (χ3v) is 7.14. The molecule has 5 aliphatic rings. The number of rotatable bonds is 6. The highest BCUT2D eigenvalue weighted by Gasteiger charge is 2.54. The Morgan fingerprint density at radius 3 is 2.71 bits per heavy atom. The van der Waals surface area contributed by atoms with E-state index >= 15 is 0 Å². The maximum atomic E-state index is 10.9. The molecule has 0 radical (unpaired) electrons. The highest BCUT2D eigenvalue weighted by Crippen LogP contribution is 2.56. The summed E-state index contributed by atoms with van der Waals surface area (Å²) in [4.78, 5) is 15.3. The number of hydrogen-bond acceptors (Lipinski definition) is 9. The summed E-state index contributed by atoms with van der Waals surface area (Å²) in [7, 11) is 0. The van der Waals surface area contributed by atoms with E-state index in [0.717, 1.165) is 25.0 Å². The van der Waals surface area contributed by atoms with Crippen LogP contribution >= 0.6 is 0 Å². The molecule has 4 bridgehead atoms. The maximum Gasteiger partial charge on any atom is 0.245 e. The largest absolute Gasteiger partial charge is 0.390 e. The molecule has 1 aliphatic heterocycles. The molecule has 10 heteroatoms. The van der Waals surface area contributed by atoms with Crippen molar-refractivity contribution in [3.8, 4) is 5.88 Å². The standard InChI is InChI=1S/C21H29N7O3/c1-12-4-17(27-26-12)22-16-7-18(31-28-2-3-30-11-28)24-20(23-16)25-19-14-5-13-6-15(19)10-21(29,8-13)9-14/h4,7,13-15,19,29H,2-3,5-6,8-11H2,1H3,(H3,22,23,24,25,26,27). The lowest BCUT2D eigenvalue weighted by atomic mass is 9.52. The Hall–Kier alpha value is -2.43. The maximum absolute atomic E-state index is 10.9. The number of nitrogens with zero attached hydrogens (tertiary/aromatic N) is 4. The van der Waals surface area contributed by atoms with Crippen LogP contribution in [0, 0.1) is 24.7 Å². The minimum atomic E-state index is -0.458. The van der Waals surface area contributed by atoms with Gasteiger partial charge in [-0.1, -0.05) is 0 Å². The van der Waals surface area contributed by atoms with Crippen LogP contribution in [0.5, 0.6) is 5.88 Å². The molecule has 2 unspecified atom stereocenters. The van der Waals surface area contributed by atoms with Gasteiger partial charge in [-0.25, -0.2) is 0 Å². The number of aromatic nitrogens is 4. The fraction of sp³-hybridized carbons (Fsp3) is 0.667. The van der Waals surface area contributed by atoms with Gasteiger partial charge in [0.2, 0.25) is 11.8 Å². The van der Waals surface area contributed by atoms with E-state index < -0.39 is 5.60 Å². The molecule has 0 amide bonds. The molecular weight excluding hydrogens is 398 g/mol. The molecule has 3 heterocycles. The van der Waals surface area contributed by atoms with Gasteiger partial charge in [0.1, 0.15) is 12.5 Å². The lowest BCUT2D eigenvalue weighted by Crippen LogP contribution is -2.59. The quantitative estimate of drug-likeness (QED) is 0.550. The van der Waals surface area contributed by atoms with Crippen molar-refractivity contribution in [3.63, 3.8) is 0 Å². The van der Waals surface area contributed by atoms with Crippen LogP contribution in [0.25, 0.3) is 0 Å². The Morgan fingerprint density at radius 2 is 2.03 bits per heavy atom. The fourth-order valence-corrected chi connectivity index (χ4v) is 6.18. The highest BCUT2D eigenvalue weighted by molar-refractivity contribution is 5.55. The predicted octanol–water partition coefficient (Wildman–Crippen LogP) is 2.19. The van der Waals surface area contributed by atoms with E-state index in [1.165, 1.54) is 12.8 Å². The minimum absolute atomic E-state index is 0.280. The number of aromatic amines is 1. The molecule has 0 aromatic carbocycles. The number of aliphatic hydroxyl groups is 1. The Balaban J connectivity index is 1.25. The smallest absolute Gasteiger partial charge is 0.245 e. The lowest BCUT2D eigenvalue weighted by Gasteiger charge is -2.58. The molecule has 1 saturated heterocycles. The van der Waals surface area contributed by atoms with Crippen LogP contribution in [-0.2, 0) is 4.74 Å². The first-order valence-electron chi connectivity index (χ1n) is 11.2. The monoisotopic (exact) mass is 427 g/mol. The van der Waals surface area contributed by atoms with Crippen LogP contribution in [0.1, 0.15) is 37.8 Å². The first kappa shape index (κ1) is 19.3. The molecular formula is C21H29N7O3. The predicted molar refractivity (Wildman–Crippen MR) is 113 cm³/mol. The summed E-state index contributed by atoms with van der Waals surface area (Å²) in [5.74, 6) is 3.88. The molecule has 4 saturated carbocycles. The van der Waals surface area contributed by atoms with Crippen molar-refractivity contribution in [1.82, 2.24) is 25.2 Å². The Kier molecular flexibility index (Phi) is 4.55. The number of nitrogens with one attached hydrogen (secondary N) is 3. The Morgan fingerprint density at radius 1 is 1.19 bits per heavy atom. The number of hydroxylamine groups is 2. The van der Waals surface area contributed by atoms with Gasteiger partial charge in [0.05, 0.1) is 18.8 Å². The summed E-state index contributed by atoms with van der Waals surface area (Å²) in [6, 6.07) is 3.97. The van der Waals surface area contributed by atoms with Gasteiger partial charge in [-0.15, -0.1) is 5.06 Å². The second-order valence-electron chi connectivity index (χ2n) is 9.67. The number of anilines is 3. The van der Waals surface area contributed by atoms with Gasteiger partial charge in [0.25, 0.3) is 0 Å². The molecule has 0 spiro atoms. The summed E-state index contributed by atoms with van der Waals surface area (Å²) in [5, 5.41) is 26.6. The second kappa shape index (κ2) is 7.32. The van der Waals surface area contributed by atoms with Crippen LogP contribution in [0.15, 0.2) is 12.1 Å². The van der Waals surface area contributed by atoms with E-state index in [1.54, 1.807) is 11.1 Å². The summed E-state index contributed by atoms with van der Waals surface area (Å²) in [6.07, 6.45) is 5.07. The van der Waals surface area contributed by atoms with E-state index in [2.05, 4.69) is 25.8 Å². The van der Waals surface area contributed by atoms with Crippen molar-refractivity contribution < 1.29 is 14.7 Å². The molecule has 2 atom stereocenters. The summed E-state index contributed by atoms with van der Waals surface area (Å²) < 4.78 is 5.37. The summed E-state index contributed by atoms with van der Waals surface area (Å²) in [6.45, 7) is 3.71. The van der Waals surface area contributed by atoms with E-state index in [0.29, 0.717) is 61.1 Å². The van der Waals surface area contributed by atoms with Crippen LogP contribution in [0.2, 0.25) is 0 Å². The molecule has 7 rings (SSSR count). The van der Waals surface area contributed by atoms with Gasteiger partial charge in [0, 0.05) is 23.9 Å². The fourth-order valence-electron chi connectivity index (χ4n) is 6.18. The van der Waals surface area contributed by atoms with Gasteiger partial charge in [-0.2, -0.15) is 15.1 Å². The normalized spacial score (nSPS) is 34.3. The molecule has 5 fully saturated rings. The van der Waals surface area contributed by atoms with E-state index in [1.807, 2.05) is 13.0 Å². The van der Waals surface area contributed by atoms with Crippen LogP contribution in [0.4, 0.5) is 17.6 Å². The van der Waals surface area contributed by atoms with Gasteiger partial charge in [0.15, 0.2) is 5.82 Å². The lowest BCUT2D eigenvalue weighted by molar-refractivity contribution is -0.129. The SMILES string of the molecule is Cc1cc(Nc2cc(ON3CCOC3)nc(NC3C4CC5CC3CC(O)(C5)C4)n2)n[nH]1. The zero-order chi connectivity index (χ0) is 21.0. The van der Waals surface area contributed by atoms with Gasteiger partial charge >= 0.3 is 0 Å². The minimum Gasteiger partial charge on any atom is -0.390 e. The third-order valence-electron chi connectivity index (χ3n) is 7.14. The first-order chi connectivity index (χ1) is 15.0. The second-order valence-corrected chi connectivity index (χ2v) is 9.67. The zero-order valence-electron chi connectivity index (χ0n) is 17.7. The molecule has 2 aromatic heterocycles. The first-order valence-corrected chi connectivity index (χ1v) is 11.2. The van der Waals surface area contributed by atoms with E-state index in [9.17, 15) is 5.11 Å². The average molecular weight is 428 g/mol. The van der Waals surface area contributed by atoms with Crippen molar-refractivity contribution in [2.75, 3.05) is 30.5 Å². The highest BCUT2D eigenvalue weighted by atomic mass is 16.7. The average Bonchev–Trinajstić information content (AvgIpc) is 3.35. The number of H-pyrrole nitrogens is 1. The van der Waals surface area contributed by atoms with E-state index in [-0.39, 0.29) is 6.04 Å². The molecule has 10 nitrogen and oxygen atoms in total. The molecule has 166 valence electrons. The van der Waals surface area contributed by atoms with Crippen molar-refractivity contribution >= 4 is 17.6 Å². The van der Waals surface area contributed by atoms with Gasteiger partial charge in [-0.05, 0) is 56.8 Å². The number of ether oxygens (including phenoxy) is 1. The zero-order valence-corrected chi connectivity index (χ0v) is 17.7. The van der Waals surface area contributed by atoms with Crippen molar-refractivity contribution in [3.05, 3.63) is 17.8 Å². The molecule has 31 heavy (non-hydrogen) atoms. The van der Waals surface area contributed by atoms with Crippen LogP contribution in [-0.4, -0.2) is 61.9 Å². The van der Waals surface area contributed by atoms with Crippen molar-refractivity contribution in [2.24, 2.45) is 17.8 Å².